The van der Waals surface area contributed by atoms with Gasteiger partial charge in [0.25, 0.3) is 0 Å². The number of anilines is 1. The molecule has 1 aromatic carbocycles. The molecule has 0 saturated carbocycles. The molecule has 1 amide bonds. The number of carbonyl (C=O) groups excluding carboxylic acids is 2. The third kappa shape index (κ3) is 3.46. The Kier molecular flexibility index (Phi) is 4.69. The number of hydrogen-bond acceptors (Lipinski definition) is 3. The lowest BCUT2D eigenvalue weighted by Gasteiger charge is -2.42. The van der Waals surface area contributed by atoms with Crippen LogP contribution < -0.4 is 4.90 Å². The van der Waals surface area contributed by atoms with Crippen LogP contribution in [0.3, 0.4) is 0 Å². The first kappa shape index (κ1) is 18.7. The molecule has 140 valence electrons. The van der Waals surface area contributed by atoms with Crippen LogP contribution in [0.15, 0.2) is 47.0 Å². The van der Waals surface area contributed by atoms with Gasteiger partial charge in [0, 0.05) is 45.0 Å². The van der Waals surface area contributed by atoms with Gasteiger partial charge in [0.15, 0.2) is 5.78 Å². The molecule has 1 atom stereocenters. The van der Waals surface area contributed by atoms with Gasteiger partial charge in [-0.25, -0.2) is 0 Å². The summed E-state index contributed by atoms with van der Waals surface area (Å²) in [5.74, 6) is -0.0664. The zero-order chi connectivity index (χ0) is 19.3. The van der Waals surface area contributed by atoms with Gasteiger partial charge in [-0.05, 0) is 41.5 Å². The van der Waals surface area contributed by atoms with Gasteiger partial charge in [-0.2, -0.15) is 0 Å². The van der Waals surface area contributed by atoms with Crippen molar-refractivity contribution in [2.24, 2.45) is 5.41 Å². The lowest BCUT2D eigenvalue weighted by Crippen LogP contribution is -2.43. The van der Waals surface area contributed by atoms with Gasteiger partial charge in [0.1, 0.15) is 0 Å². The standard InChI is InChI=1S/C21H19Cl2NO2S/c1-21(2)10-16-20(17(25)11-21)15(18-4-3-5-27-18)9-19(26)24(16)14-7-12(22)6-13(23)8-14/h3-8,15H,9-11H2,1-2H3/t15-/m0/s1. The molecule has 0 N–H and O–H groups in total. The summed E-state index contributed by atoms with van der Waals surface area (Å²) in [5, 5.41) is 2.92. The summed E-state index contributed by atoms with van der Waals surface area (Å²) in [6.07, 6.45) is 1.42. The molecule has 0 spiro atoms. The molecule has 27 heavy (non-hydrogen) atoms. The van der Waals surface area contributed by atoms with E-state index in [0.717, 1.165) is 16.1 Å². The Morgan fingerprint density at radius 1 is 1.11 bits per heavy atom. The molecule has 2 aromatic rings. The number of amides is 1. The quantitative estimate of drug-likeness (QED) is 0.579. The van der Waals surface area contributed by atoms with E-state index >= 15 is 0 Å². The number of carbonyl (C=O) groups is 2. The van der Waals surface area contributed by atoms with Crippen molar-refractivity contribution in [3.8, 4) is 0 Å². The van der Waals surface area contributed by atoms with E-state index in [4.69, 9.17) is 23.2 Å². The number of Topliss-reactive ketones (excluding diaryl/α,β-unsaturated/α-hetero) is 1. The van der Waals surface area contributed by atoms with Crippen LogP contribution >= 0.6 is 34.5 Å². The number of benzene rings is 1. The van der Waals surface area contributed by atoms with Crippen molar-refractivity contribution in [1.29, 1.82) is 0 Å². The second-order valence-corrected chi connectivity index (χ2v) is 9.78. The Morgan fingerprint density at radius 2 is 1.81 bits per heavy atom. The smallest absolute Gasteiger partial charge is 0.232 e. The van der Waals surface area contributed by atoms with Crippen LogP contribution in [0.4, 0.5) is 5.69 Å². The summed E-state index contributed by atoms with van der Waals surface area (Å²) in [5.41, 5.74) is 1.99. The molecule has 3 nitrogen and oxygen atoms in total. The van der Waals surface area contributed by atoms with Crippen molar-refractivity contribution in [2.75, 3.05) is 4.90 Å². The number of allylic oxidation sites excluding steroid dienone is 2. The normalized spacial score (nSPS) is 22.2. The summed E-state index contributed by atoms with van der Waals surface area (Å²) in [6, 6.07) is 9.07. The van der Waals surface area contributed by atoms with Crippen molar-refractivity contribution >= 4 is 51.9 Å². The maximum Gasteiger partial charge on any atom is 0.232 e. The SMILES string of the molecule is CC1(C)CC(=O)C2=C(C1)N(c1cc(Cl)cc(Cl)c1)C(=O)C[C@H]2c1cccs1. The van der Waals surface area contributed by atoms with E-state index in [2.05, 4.69) is 13.8 Å². The molecule has 0 fully saturated rings. The summed E-state index contributed by atoms with van der Waals surface area (Å²) < 4.78 is 0. The number of hydrogen-bond donors (Lipinski definition) is 0. The highest BCUT2D eigenvalue weighted by Crippen LogP contribution is 2.49. The minimum Gasteiger partial charge on any atom is -0.294 e. The Labute approximate surface area is 172 Å². The zero-order valence-corrected chi connectivity index (χ0v) is 17.4. The summed E-state index contributed by atoms with van der Waals surface area (Å²) in [7, 11) is 0. The largest absolute Gasteiger partial charge is 0.294 e. The maximum atomic E-state index is 13.2. The highest BCUT2D eigenvalue weighted by atomic mass is 35.5. The monoisotopic (exact) mass is 419 g/mol. The molecule has 1 aromatic heterocycles. The van der Waals surface area contributed by atoms with Crippen molar-refractivity contribution < 1.29 is 9.59 Å². The molecule has 1 aliphatic heterocycles. The van der Waals surface area contributed by atoms with Gasteiger partial charge in [0.05, 0.1) is 5.69 Å². The van der Waals surface area contributed by atoms with Gasteiger partial charge in [0.2, 0.25) is 5.91 Å². The second-order valence-electron chi connectivity index (χ2n) is 7.93. The lowest BCUT2D eigenvalue weighted by molar-refractivity contribution is -0.120. The van der Waals surface area contributed by atoms with Gasteiger partial charge in [-0.3, -0.25) is 14.5 Å². The van der Waals surface area contributed by atoms with Crippen molar-refractivity contribution in [1.82, 2.24) is 0 Å². The Hall–Kier alpha value is -1.62. The lowest BCUT2D eigenvalue weighted by atomic mass is 9.70. The number of nitrogens with zero attached hydrogens (tertiary/aromatic N) is 1. The first-order valence-electron chi connectivity index (χ1n) is 8.84. The maximum absolute atomic E-state index is 13.2. The summed E-state index contributed by atoms with van der Waals surface area (Å²) in [6.45, 7) is 4.13. The average Bonchev–Trinajstić information content (AvgIpc) is 3.05. The molecule has 1 aliphatic carbocycles. The van der Waals surface area contributed by atoms with E-state index < -0.39 is 0 Å². The number of halogens is 2. The van der Waals surface area contributed by atoms with E-state index in [0.29, 0.717) is 28.6 Å². The molecule has 2 heterocycles. The van der Waals surface area contributed by atoms with Crippen molar-refractivity contribution in [3.63, 3.8) is 0 Å². The van der Waals surface area contributed by atoms with Crippen LogP contribution in [0, 0.1) is 5.41 Å². The van der Waals surface area contributed by atoms with Gasteiger partial charge < -0.3 is 0 Å². The molecular formula is C21H19Cl2NO2S. The highest BCUT2D eigenvalue weighted by Gasteiger charge is 2.44. The van der Waals surface area contributed by atoms with E-state index in [1.165, 1.54) is 0 Å². The minimum absolute atomic E-state index is 0.0315. The number of ketones is 1. The van der Waals surface area contributed by atoms with E-state index in [-0.39, 0.29) is 29.4 Å². The van der Waals surface area contributed by atoms with Gasteiger partial charge in [-0.1, -0.05) is 43.1 Å². The number of rotatable bonds is 2. The zero-order valence-electron chi connectivity index (χ0n) is 15.1. The number of thiophene rings is 1. The predicted molar refractivity (Wildman–Crippen MR) is 111 cm³/mol. The molecule has 0 radical (unpaired) electrons. The van der Waals surface area contributed by atoms with E-state index in [1.807, 2.05) is 17.5 Å². The predicted octanol–water partition coefficient (Wildman–Crippen LogP) is 6.22. The second kappa shape index (κ2) is 6.77. The van der Waals surface area contributed by atoms with Crippen LogP contribution in [-0.4, -0.2) is 11.7 Å². The molecule has 0 unspecified atom stereocenters. The van der Waals surface area contributed by atoms with Crippen LogP contribution in [0.2, 0.25) is 10.0 Å². The first-order chi connectivity index (χ1) is 12.7. The third-order valence-corrected chi connectivity index (χ3v) is 6.56. The highest BCUT2D eigenvalue weighted by molar-refractivity contribution is 7.10. The molecule has 4 rings (SSSR count). The van der Waals surface area contributed by atoms with Gasteiger partial charge in [-0.15, -0.1) is 11.3 Å². The topological polar surface area (TPSA) is 37.4 Å². The third-order valence-electron chi connectivity index (χ3n) is 5.14. The summed E-state index contributed by atoms with van der Waals surface area (Å²) in [4.78, 5) is 29.0. The van der Waals surface area contributed by atoms with Crippen LogP contribution in [-0.2, 0) is 9.59 Å². The minimum atomic E-state index is -0.200. The average molecular weight is 420 g/mol. The Bertz CT molecular complexity index is 942. The van der Waals surface area contributed by atoms with Gasteiger partial charge >= 0.3 is 0 Å². The fraction of sp³-hybridized carbons (Fsp3) is 0.333. The fourth-order valence-electron chi connectivity index (χ4n) is 4.12. The van der Waals surface area contributed by atoms with E-state index in [9.17, 15) is 9.59 Å². The summed E-state index contributed by atoms with van der Waals surface area (Å²) >= 11 is 14.0. The molecule has 6 heteroatoms. The van der Waals surface area contributed by atoms with Crippen molar-refractivity contribution in [3.05, 3.63) is 61.9 Å². The molecule has 0 bridgehead atoms. The van der Waals surface area contributed by atoms with Crippen LogP contribution in [0.1, 0.15) is 43.9 Å². The van der Waals surface area contributed by atoms with Crippen LogP contribution in [0.25, 0.3) is 0 Å². The first-order valence-corrected chi connectivity index (χ1v) is 10.5. The fourth-order valence-corrected chi connectivity index (χ4v) is 5.47. The van der Waals surface area contributed by atoms with Crippen molar-refractivity contribution in [2.45, 2.75) is 39.0 Å². The Morgan fingerprint density at radius 3 is 2.44 bits per heavy atom. The molecule has 2 aliphatic rings. The van der Waals surface area contributed by atoms with Crippen LogP contribution in [0.5, 0.6) is 0 Å². The molecular weight excluding hydrogens is 401 g/mol. The molecule has 0 saturated heterocycles. The Balaban J connectivity index is 1.92. The van der Waals surface area contributed by atoms with E-state index in [1.54, 1.807) is 34.4 Å².